The zero-order valence-electron chi connectivity index (χ0n) is 14.8. The van der Waals surface area contributed by atoms with Crippen LogP contribution in [0.3, 0.4) is 0 Å². The molecule has 2 aromatic rings. The van der Waals surface area contributed by atoms with Crippen molar-refractivity contribution in [3.05, 3.63) is 39.4 Å². The third-order valence-corrected chi connectivity index (χ3v) is 6.55. The number of likely N-dealkylation sites (tertiary alicyclic amines) is 1. The van der Waals surface area contributed by atoms with Crippen LogP contribution in [0.25, 0.3) is 0 Å². The second-order valence-corrected chi connectivity index (χ2v) is 8.63. The van der Waals surface area contributed by atoms with E-state index in [1.165, 1.54) is 12.8 Å². The van der Waals surface area contributed by atoms with Crippen LogP contribution in [0.2, 0.25) is 0 Å². The van der Waals surface area contributed by atoms with Crippen LogP contribution in [0.1, 0.15) is 54.6 Å². The molecule has 1 unspecified atom stereocenters. The number of aromatic nitrogens is 4. The van der Waals surface area contributed by atoms with E-state index in [4.69, 9.17) is 4.52 Å². The number of aryl methyl sites for hydroxylation is 1. The number of rotatable bonds is 5. The highest BCUT2D eigenvalue weighted by Crippen LogP contribution is 2.39. The van der Waals surface area contributed by atoms with Gasteiger partial charge in [-0.2, -0.15) is 21.8 Å². The van der Waals surface area contributed by atoms with Crippen LogP contribution in [0, 0.1) is 0 Å². The SMILES string of the molecule is O=c1cc2c(nn1CC1CCCN1Cc1noc(C3CC3)n1)CCSC2. The first-order chi connectivity index (χ1) is 12.8. The van der Waals surface area contributed by atoms with Gasteiger partial charge < -0.3 is 4.52 Å². The topological polar surface area (TPSA) is 77.0 Å². The monoisotopic (exact) mass is 373 g/mol. The maximum atomic E-state index is 12.5. The summed E-state index contributed by atoms with van der Waals surface area (Å²) in [7, 11) is 0. The molecule has 1 aliphatic carbocycles. The van der Waals surface area contributed by atoms with Gasteiger partial charge in [0.1, 0.15) is 0 Å². The predicted octanol–water partition coefficient (Wildman–Crippen LogP) is 1.96. The van der Waals surface area contributed by atoms with Gasteiger partial charge in [0.15, 0.2) is 5.82 Å². The van der Waals surface area contributed by atoms with Gasteiger partial charge in [-0.1, -0.05) is 5.16 Å². The van der Waals surface area contributed by atoms with Gasteiger partial charge in [0, 0.05) is 30.2 Å². The minimum atomic E-state index is 0.0219. The molecule has 7 nitrogen and oxygen atoms in total. The van der Waals surface area contributed by atoms with E-state index >= 15 is 0 Å². The molecule has 0 bridgehead atoms. The molecule has 5 rings (SSSR count). The summed E-state index contributed by atoms with van der Waals surface area (Å²) in [5, 5.41) is 8.81. The average molecular weight is 373 g/mol. The highest BCUT2D eigenvalue weighted by atomic mass is 32.2. The number of fused-ring (bicyclic) bond motifs is 1. The van der Waals surface area contributed by atoms with Gasteiger partial charge >= 0.3 is 0 Å². The molecular formula is C18H23N5O2S. The van der Waals surface area contributed by atoms with Crippen LogP contribution in [0.15, 0.2) is 15.4 Å². The van der Waals surface area contributed by atoms with Crippen LogP contribution in [0.5, 0.6) is 0 Å². The lowest BCUT2D eigenvalue weighted by Gasteiger charge is -2.24. The highest BCUT2D eigenvalue weighted by Gasteiger charge is 2.31. The second kappa shape index (κ2) is 6.81. The van der Waals surface area contributed by atoms with E-state index in [9.17, 15) is 4.79 Å². The zero-order valence-corrected chi connectivity index (χ0v) is 15.6. The van der Waals surface area contributed by atoms with Gasteiger partial charge in [0.25, 0.3) is 5.56 Å². The van der Waals surface area contributed by atoms with Crippen molar-refractivity contribution >= 4 is 11.8 Å². The van der Waals surface area contributed by atoms with Crippen molar-refractivity contribution in [2.75, 3.05) is 12.3 Å². The molecule has 26 heavy (non-hydrogen) atoms. The summed E-state index contributed by atoms with van der Waals surface area (Å²) in [4.78, 5) is 19.4. The van der Waals surface area contributed by atoms with E-state index in [-0.39, 0.29) is 5.56 Å². The maximum Gasteiger partial charge on any atom is 0.267 e. The molecule has 1 saturated carbocycles. The first-order valence-corrected chi connectivity index (χ1v) is 10.7. The standard InChI is InChI=1S/C18H23N5O2S/c24-17-8-13-11-26-7-5-15(13)20-23(17)9-14-2-1-6-22(14)10-16-19-18(25-21-16)12-3-4-12/h8,12,14H,1-7,9-11H2. The van der Waals surface area contributed by atoms with E-state index in [1.54, 1.807) is 10.7 Å². The number of thioether (sulfide) groups is 1. The van der Waals surface area contributed by atoms with Crippen molar-refractivity contribution in [1.29, 1.82) is 0 Å². The molecule has 138 valence electrons. The predicted molar refractivity (Wildman–Crippen MR) is 98.1 cm³/mol. The molecule has 0 spiro atoms. The lowest BCUT2D eigenvalue weighted by atomic mass is 10.2. The summed E-state index contributed by atoms with van der Waals surface area (Å²) in [6.45, 7) is 2.35. The van der Waals surface area contributed by atoms with Crippen molar-refractivity contribution in [3.63, 3.8) is 0 Å². The lowest BCUT2D eigenvalue weighted by molar-refractivity contribution is 0.208. The second-order valence-electron chi connectivity index (χ2n) is 7.53. The van der Waals surface area contributed by atoms with Crippen LogP contribution in [-0.2, 0) is 25.3 Å². The fourth-order valence-corrected chi connectivity index (χ4v) is 4.85. The molecule has 4 heterocycles. The molecule has 0 aromatic carbocycles. The summed E-state index contributed by atoms with van der Waals surface area (Å²) >= 11 is 1.88. The van der Waals surface area contributed by atoms with Crippen LogP contribution < -0.4 is 5.56 Å². The first-order valence-electron chi connectivity index (χ1n) is 9.50. The van der Waals surface area contributed by atoms with Crippen molar-refractivity contribution in [1.82, 2.24) is 24.8 Å². The van der Waals surface area contributed by atoms with E-state index in [1.807, 2.05) is 11.8 Å². The number of nitrogens with zero attached hydrogens (tertiary/aromatic N) is 5. The van der Waals surface area contributed by atoms with E-state index < -0.39 is 0 Å². The Morgan fingerprint density at radius 1 is 1.31 bits per heavy atom. The quantitative estimate of drug-likeness (QED) is 0.793. The normalized spacial score (nSPS) is 23.3. The Bertz CT molecular complexity index is 860. The van der Waals surface area contributed by atoms with Gasteiger partial charge in [-0.3, -0.25) is 9.69 Å². The summed E-state index contributed by atoms with van der Waals surface area (Å²) in [5.74, 6) is 4.05. The molecule has 0 radical (unpaired) electrons. The Labute approximate surface area is 156 Å². The van der Waals surface area contributed by atoms with Crippen LogP contribution >= 0.6 is 11.8 Å². The highest BCUT2D eigenvalue weighted by molar-refractivity contribution is 7.98. The molecule has 1 saturated heterocycles. The third kappa shape index (κ3) is 3.32. The summed E-state index contributed by atoms with van der Waals surface area (Å²) < 4.78 is 7.05. The fourth-order valence-electron chi connectivity index (χ4n) is 3.90. The van der Waals surface area contributed by atoms with Crippen molar-refractivity contribution in [2.45, 2.75) is 62.9 Å². The fraction of sp³-hybridized carbons (Fsp3) is 0.667. The van der Waals surface area contributed by atoms with Gasteiger partial charge in [-0.05, 0) is 43.5 Å². The van der Waals surface area contributed by atoms with Crippen molar-refractivity contribution < 1.29 is 4.52 Å². The van der Waals surface area contributed by atoms with Crippen LogP contribution in [-0.4, -0.2) is 43.2 Å². The summed E-state index contributed by atoms with van der Waals surface area (Å²) in [6, 6.07) is 2.09. The Morgan fingerprint density at radius 2 is 2.23 bits per heavy atom. The molecule has 2 aliphatic heterocycles. The summed E-state index contributed by atoms with van der Waals surface area (Å²) in [6.07, 6.45) is 5.50. The Morgan fingerprint density at radius 3 is 3.12 bits per heavy atom. The van der Waals surface area contributed by atoms with E-state index in [0.717, 1.165) is 60.3 Å². The molecule has 2 aromatic heterocycles. The molecule has 2 fully saturated rings. The van der Waals surface area contributed by atoms with Crippen molar-refractivity contribution in [3.8, 4) is 0 Å². The van der Waals surface area contributed by atoms with Crippen molar-refractivity contribution in [2.24, 2.45) is 0 Å². The van der Waals surface area contributed by atoms with Gasteiger partial charge in [0.05, 0.1) is 18.8 Å². The molecule has 0 N–H and O–H groups in total. The third-order valence-electron chi connectivity index (χ3n) is 5.54. The molecule has 3 aliphatic rings. The minimum absolute atomic E-state index is 0.0219. The largest absolute Gasteiger partial charge is 0.339 e. The summed E-state index contributed by atoms with van der Waals surface area (Å²) in [5.41, 5.74) is 2.24. The Balaban J connectivity index is 1.30. The van der Waals surface area contributed by atoms with Gasteiger partial charge in [-0.15, -0.1) is 0 Å². The van der Waals surface area contributed by atoms with E-state index in [2.05, 4.69) is 20.1 Å². The Hall–Kier alpha value is -1.67. The first kappa shape index (κ1) is 16.5. The maximum absolute atomic E-state index is 12.5. The number of hydrogen-bond acceptors (Lipinski definition) is 7. The lowest BCUT2D eigenvalue weighted by Crippen LogP contribution is -2.37. The molecular weight excluding hydrogens is 350 g/mol. The smallest absolute Gasteiger partial charge is 0.267 e. The van der Waals surface area contributed by atoms with E-state index in [0.29, 0.717) is 25.0 Å². The minimum Gasteiger partial charge on any atom is -0.339 e. The average Bonchev–Trinajstić information content (AvgIpc) is 3.24. The molecule has 8 heteroatoms. The van der Waals surface area contributed by atoms with Crippen LogP contribution in [0.4, 0.5) is 0 Å². The van der Waals surface area contributed by atoms with Gasteiger partial charge in [-0.25, -0.2) is 4.68 Å². The molecule has 1 atom stereocenters. The Kier molecular flexibility index (Phi) is 4.32. The van der Waals surface area contributed by atoms with Gasteiger partial charge in [0.2, 0.25) is 5.89 Å². The molecule has 0 amide bonds. The number of hydrogen-bond donors (Lipinski definition) is 0. The zero-order chi connectivity index (χ0) is 17.5.